The first kappa shape index (κ1) is 63.1. The second-order valence-corrected chi connectivity index (χ2v) is 24.5. The van der Waals surface area contributed by atoms with Crippen molar-refractivity contribution in [1.82, 2.24) is 36.0 Å². The molecule has 0 bridgehead atoms. The van der Waals surface area contributed by atoms with Crippen LogP contribution in [0.2, 0.25) is 0 Å². The number of nitrogens with zero attached hydrogens (tertiary/aromatic N) is 4. The normalized spacial score (nSPS) is 15.0. The zero-order valence-electron chi connectivity index (χ0n) is 43.3. The Kier molecular flexibility index (Phi) is 25.1. The zero-order chi connectivity index (χ0) is 55.4. The fourth-order valence-electron chi connectivity index (χ4n) is 8.50. The molecule has 2 unspecified atom stereocenters. The van der Waals surface area contributed by atoms with Crippen LogP contribution in [0, 0.1) is 0 Å². The van der Waals surface area contributed by atoms with Gasteiger partial charge in [-0.3, -0.25) is 28.5 Å². The molecule has 2 aromatic rings. The van der Waals surface area contributed by atoms with E-state index in [1.165, 1.54) is 10.8 Å². The Morgan fingerprint density at radius 2 is 1.49 bits per heavy atom. The van der Waals surface area contributed by atoms with Crippen LogP contribution in [0.15, 0.2) is 52.8 Å². The second-order valence-electron chi connectivity index (χ2n) is 19.4. The second kappa shape index (κ2) is 29.9. The van der Waals surface area contributed by atoms with E-state index in [0.717, 1.165) is 32.5 Å². The van der Waals surface area contributed by atoms with E-state index >= 15 is 8.63 Å². The number of hydrogen-bond acceptors (Lipinski definition) is 13. The van der Waals surface area contributed by atoms with Crippen molar-refractivity contribution in [2.24, 2.45) is 0 Å². The summed E-state index contributed by atoms with van der Waals surface area (Å²) >= 11 is 0. The molecular formula is C47H73BF2N9O12PS3. The maximum absolute atomic E-state index is 17.1. The number of pyridine rings is 1. The summed E-state index contributed by atoms with van der Waals surface area (Å²) in [5.74, 6) is -4.17. The van der Waals surface area contributed by atoms with Gasteiger partial charge in [0, 0.05) is 87.1 Å². The maximum atomic E-state index is 17.1. The predicted octanol–water partition coefficient (Wildman–Crippen LogP) is 3.78. The molecule has 0 saturated heterocycles. The van der Waals surface area contributed by atoms with Crippen molar-refractivity contribution in [3.05, 3.63) is 64.8 Å². The van der Waals surface area contributed by atoms with Gasteiger partial charge in [0.2, 0.25) is 29.5 Å². The lowest BCUT2D eigenvalue weighted by Crippen LogP contribution is -2.52. The number of hydrogen-bond donors (Lipinski definition) is 7. The Morgan fingerprint density at radius 1 is 0.853 bits per heavy atom. The Balaban J connectivity index is 1.27. The molecule has 21 nitrogen and oxygen atoms in total. The summed E-state index contributed by atoms with van der Waals surface area (Å²) in [5, 5.41) is 13.3. The molecule has 0 saturated carbocycles. The number of carbonyl (C=O) groups excluding carboxylic acids is 5. The van der Waals surface area contributed by atoms with Gasteiger partial charge in [0.1, 0.15) is 22.8 Å². The van der Waals surface area contributed by atoms with Crippen LogP contribution >= 0.6 is 29.4 Å². The van der Waals surface area contributed by atoms with Crippen molar-refractivity contribution in [1.29, 1.82) is 0 Å². The van der Waals surface area contributed by atoms with Crippen molar-refractivity contribution in [3.8, 4) is 0 Å². The first-order chi connectivity index (χ1) is 35.3. The number of fused-ring (bicyclic) bond motifs is 2. The summed E-state index contributed by atoms with van der Waals surface area (Å²) in [7, 11) is -0.923. The lowest BCUT2D eigenvalue weighted by atomic mass is 9.88. The SMILES string of the molecule is CCCC1=CC(CCC(=O)NC(CS(=O)(=O)[O-])C(=O)NCCCCC(=O)NC(COP(=O)(O)O)C(=O)NCCCCC(=O)NCCSSc2ccccn2)=[N+]2C1=Cc1c(CCC)cc(CCC[N+](C)(C)C)n1[B-]2(F)F. The zero-order valence-corrected chi connectivity index (χ0v) is 46.7. The van der Waals surface area contributed by atoms with Crippen LogP contribution in [-0.4, -0.2) is 161 Å². The molecule has 0 fully saturated rings. The van der Waals surface area contributed by atoms with Crippen molar-refractivity contribution in [3.63, 3.8) is 0 Å². The Hall–Kier alpha value is -4.47. The molecule has 2 atom stereocenters. The molecule has 75 heavy (non-hydrogen) atoms. The van der Waals surface area contributed by atoms with Gasteiger partial charge in [-0.1, -0.05) is 43.5 Å². The fourth-order valence-corrected chi connectivity index (χ4v) is 11.3. The lowest BCUT2D eigenvalue weighted by molar-refractivity contribution is -0.870. The Bertz CT molecular complexity index is 2560. The number of amides is 5. The third-order valence-electron chi connectivity index (χ3n) is 11.9. The molecule has 0 radical (unpaired) electrons. The molecule has 28 heteroatoms. The number of rotatable bonds is 35. The maximum Gasteiger partial charge on any atom is 0.737 e. The van der Waals surface area contributed by atoms with Gasteiger partial charge in [-0.05, 0) is 85.2 Å². The highest BCUT2D eigenvalue weighted by Crippen LogP contribution is 2.40. The largest absolute Gasteiger partial charge is 0.748 e. The number of phosphoric ester groups is 1. The highest BCUT2D eigenvalue weighted by atomic mass is 33.1. The number of nitrogens with one attached hydrogen (secondary N) is 5. The van der Waals surface area contributed by atoms with Gasteiger partial charge in [-0.15, -0.1) is 0 Å². The van der Waals surface area contributed by atoms with Crippen LogP contribution in [0.4, 0.5) is 8.63 Å². The number of unbranched alkanes of at least 4 members (excludes halogenated alkanes) is 2. The van der Waals surface area contributed by atoms with Gasteiger partial charge in [0.05, 0.1) is 50.2 Å². The van der Waals surface area contributed by atoms with E-state index in [0.29, 0.717) is 84.4 Å². The van der Waals surface area contributed by atoms with Gasteiger partial charge >= 0.3 is 14.8 Å². The molecule has 418 valence electrons. The molecule has 2 aliphatic heterocycles. The number of aromatic nitrogens is 2. The molecule has 4 heterocycles. The van der Waals surface area contributed by atoms with Gasteiger partial charge in [-0.25, -0.2) is 18.0 Å². The van der Waals surface area contributed by atoms with Crippen LogP contribution in [0.25, 0.3) is 6.08 Å². The smallest absolute Gasteiger partial charge is 0.737 e. The summed E-state index contributed by atoms with van der Waals surface area (Å²) in [5.41, 5.74) is 3.10. The van der Waals surface area contributed by atoms with Crippen molar-refractivity contribution < 1.29 is 73.4 Å². The Morgan fingerprint density at radius 3 is 2.11 bits per heavy atom. The number of allylic oxidation sites excluding steroid dienone is 2. The molecular weight excluding hydrogens is 1060 g/mol. The van der Waals surface area contributed by atoms with E-state index in [4.69, 9.17) is 0 Å². The van der Waals surface area contributed by atoms with Crippen LogP contribution in [0.1, 0.15) is 108 Å². The molecule has 0 spiro atoms. The molecule has 7 N–H and O–H groups in total. The van der Waals surface area contributed by atoms with Crippen LogP contribution in [-0.2, 0) is 56.0 Å². The van der Waals surface area contributed by atoms with E-state index in [1.807, 2.05) is 59.3 Å². The van der Waals surface area contributed by atoms with Gasteiger partial charge in [0.15, 0.2) is 5.70 Å². The monoisotopic (exact) mass is 1130 g/mol. The quantitative estimate of drug-likeness (QED) is 0.0129. The van der Waals surface area contributed by atoms with Crippen LogP contribution in [0.5, 0.6) is 0 Å². The van der Waals surface area contributed by atoms with Crippen molar-refractivity contribution in [2.45, 2.75) is 121 Å². The third kappa shape index (κ3) is 21.8. The molecule has 5 amide bonds. The van der Waals surface area contributed by atoms with E-state index in [-0.39, 0.29) is 56.8 Å². The summed E-state index contributed by atoms with van der Waals surface area (Å²) in [6.45, 7) is -0.159. The highest BCUT2D eigenvalue weighted by Gasteiger charge is 2.54. The lowest BCUT2D eigenvalue weighted by Gasteiger charge is -2.32. The molecule has 0 aliphatic carbocycles. The van der Waals surface area contributed by atoms with E-state index in [2.05, 4.69) is 36.1 Å². The topological polar surface area (TPSA) is 290 Å². The molecule has 2 aliphatic rings. The van der Waals surface area contributed by atoms with E-state index < -0.39 is 79.4 Å². The number of carbonyl (C=O) groups is 5. The first-order valence-corrected chi connectivity index (χ1v) is 30.6. The third-order valence-corrected chi connectivity index (χ3v) is 15.4. The Labute approximate surface area is 446 Å². The summed E-state index contributed by atoms with van der Waals surface area (Å²) in [4.78, 5) is 87.1. The summed E-state index contributed by atoms with van der Waals surface area (Å²) in [6.07, 6.45) is 9.23. The number of quaternary nitrogens is 1. The minimum Gasteiger partial charge on any atom is -0.748 e. The average Bonchev–Trinajstić information content (AvgIpc) is 3.86. The predicted molar refractivity (Wildman–Crippen MR) is 284 cm³/mol. The highest BCUT2D eigenvalue weighted by molar-refractivity contribution is 8.76. The number of aryl methyl sites for hydroxylation is 2. The molecule has 4 rings (SSSR count). The van der Waals surface area contributed by atoms with Gasteiger partial charge < -0.3 is 63.0 Å². The van der Waals surface area contributed by atoms with Crippen LogP contribution in [0.3, 0.4) is 0 Å². The van der Waals surface area contributed by atoms with E-state index in [9.17, 15) is 51.3 Å². The minimum atomic E-state index is -5.06. The number of phosphoric acid groups is 1. The molecule has 2 aromatic heterocycles. The molecule has 0 aromatic carbocycles. The minimum absolute atomic E-state index is 0.0844. The number of halogens is 2. The standard InChI is InChI=1S/C47H73BF2N9O12PS3/c1-6-15-34-29-36(17-14-27-59(3,4)5)57-40(34)31-41-35(16-7-2)30-37(58(41)48(57,49)50)21-22-44(62)56-39(33-75(68,69)70)47(64)54-25-12-9-19-43(61)55-38(32-71-72(65,66)67)46(63)53-24-11-8-18-42(60)51-26-28-73-74-45-20-10-13-23-52-45/h10,13,20,23,29-31,38-39H,6-9,11-12,14-19,21-22,24-28,32-33H2,1-5H3,(H7-,51,53,54,55,56,60,61,62,63,64,65,66,67,68,69,70). The van der Waals surface area contributed by atoms with E-state index in [1.54, 1.807) is 29.1 Å². The first-order valence-electron chi connectivity index (χ1n) is 25.2. The van der Waals surface area contributed by atoms with Crippen molar-refractivity contribution in [2.75, 3.05) is 65.4 Å². The average molecular weight is 1130 g/mol. The van der Waals surface area contributed by atoms with Gasteiger partial charge in [0.25, 0.3) is 0 Å². The van der Waals surface area contributed by atoms with Gasteiger partial charge in [-0.2, -0.15) is 0 Å². The fraction of sp³-hybridized carbons (Fsp3) is 0.596. The van der Waals surface area contributed by atoms with Crippen molar-refractivity contribution >= 4 is 87.8 Å². The summed E-state index contributed by atoms with van der Waals surface area (Å²) < 4.78 is 88.4. The summed E-state index contributed by atoms with van der Waals surface area (Å²) in [6, 6.07) is 4.14. The van der Waals surface area contributed by atoms with Crippen LogP contribution < -0.4 is 26.6 Å².